The molecule has 2 aromatic heterocycles. The van der Waals surface area contributed by atoms with Gasteiger partial charge in [-0.25, -0.2) is 4.98 Å². The largest absolute Gasteiger partial charge is 0.369 e. The maximum absolute atomic E-state index is 5.90. The number of nitrogens with zero attached hydrogens (tertiary/aromatic N) is 5. The zero-order chi connectivity index (χ0) is 12.1. The first-order valence-corrected chi connectivity index (χ1v) is 5.77. The van der Waals surface area contributed by atoms with Gasteiger partial charge < -0.3 is 5.32 Å². The van der Waals surface area contributed by atoms with Crippen LogP contribution in [0.5, 0.6) is 0 Å². The molecule has 6 nitrogen and oxygen atoms in total. The van der Waals surface area contributed by atoms with E-state index in [1.807, 2.05) is 6.20 Å². The molecule has 0 radical (unpaired) electrons. The summed E-state index contributed by atoms with van der Waals surface area (Å²) in [6, 6.07) is 0. The van der Waals surface area contributed by atoms with Crippen LogP contribution in [0.25, 0.3) is 0 Å². The molecule has 2 rings (SSSR count). The standard InChI is InChI=1S/C9H10Cl2N6/c10-7-6-13-9(11)15-8(7)12-2-1-4-17-5-3-14-16-17/h3,5-6H,1-2,4H2,(H,12,13,15). The third-order valence-electron chi connectivity index (χ3n) is 2.04. The summed E-state index contributed by atoms with van der Waals surface area (Å²) in [5, 5.41) is 11.3. The second kappa shape index (κ2) is 5.79. The lowest BCUT2D eigenvalue weighted by Gasteiger charge is -2.06. The van der Waals surface area contributed by atoms with Gasteiger partial charge >= 0.3 is 0 Å². The van der Waals surface area contributed by atoms with Crippen LogP contribution in [0.1, 0.15) is 6.42 Å². The number of nitrogens with one attached hydrogen (secondary N) is 1. The van der Waals surface area contributed by atoms with Crippen LogP contribution < -0.4 is 5.32 Å². The van der Waals surface area contributed by atoms with Crippen molar-refractivity contribution in [3.63, 3.8) is 0 Å². The van der Waals surface area contributed by atoms with E-state index < -0.39 is 0 Å². The zero-order valence-electron chi connectivity index (χ0n) is 8.85. The van der Waals surface area contributed by atoms with Crippen molar-refractivity contribution >= 4 is 29.0 Å². The molecule has 0 aliphatic heterocycles. The van der Waals surface area contributed by atoms with Crippen molar-refractivity contribution in [3.8, 4) is 0 Å². The quantitative estimate of drug-likeness (QED) is 0.665. The number of aryl methyl sites for hydroxylation is 1. The van der Waals surface area contributed by atoms with Gasteiger partial charge in [0.15, 0.2) is 0 Å². The monoisotopic (exact) mass is 272 g/mol. The van der Waals surface area contributed by atoms with E-state index in [1.165, 1.54) is 6.20 Å². The highest BCUT2D eigenvalue weighted by Crippen LogP contribution is 2.18. The fraction of sp³-hybridized carbons (Fsp3) is 0.333. The minimum Gasteiger partial charge on any atom is -0.369 e. The normalized spacial score (nSPS) is 10.5. The third-order valence-corrected chi connectivity index (χ3v) is 2.50. The molecule has 90 valence electrons. The predicted octanol–water partition coefficient (Wildman–Crippen LogP) is 1.88. The van der Waals surface area contributed by atoms with Crippen molar-refractivity contribution in [1.82, 2.24) is 25.0 Å². The molecule has 8 heteroatoms. The van der Waals surface area contributed by atoms with Crippen LogP contribution in [0.3, 0.4) is 0 Å². The summed E-state index contributed by atoms with van der Waals surface area (Å²) < 4.78 is 1.76. The van der Waals surface area contributed by atoms with E-state index in [1.54, 1.807) is 10.9 Å². The Balaban J connectivity index is 1.80. The molecule has 17 heavy (non-hydrogen) atoms. The molecular weight excluding hydrogens is 263 g/mol. The lowest BCUT2D eigenvalue weighted by molar-refractivity contribution is 0.569. The van der Waals surface area contributed by atoms with Crippen LogP contribution in [0.4, 0.5) is 5.82 Å². The molecule has 0 saturated carbocycles. The number of hydrogen-bond acceptors (Lipinski definition) is 5. The Labute approximate surface area is 108 Å². The van der Waals surface area contributed by atoms with E-state index in [2.05, 4.69) is 25.6 Å². The smallest absolute Gasteiger partial charge is 0.224 e. The van der Waals surface area contributed by atoms with E-state index in [9.17, 15) is 0 Å². The van der Waals surface area contributed by atoms with Gasteiger partial charge in [0, 0.05) is 19.3 Å². The zero-order valence-corrected chi connectivity index (χ0v) is 10.4. The van der Waals surface area contributed by atoms with Crippen LogP contribution in [0.15, 0.2) is 18.6 Å². The first-order chi connectivity index (χ1) is 8.25. The summed E-state index contributed by atoms with van der Waals surface area (Å²) in [5.74, 6) is 0.547. The average molecular weight is 273 g/mol. The first kappa shape index (κ1) is 12.1. The molecule has 0 bridgehead atoms. The topological polar surface area (TPSA) is 68.5 Å². The van der Waals surface area contributed by atoms with E-state index in [0.29, 0.717) is 17.4 Å². The Hall–Kier alpha value is -1.40. The molecule has 0 atom stereocenters. The maximum Gasteiger partial charge on any atom is 0.224 e. The molecule has 0 spiro atoms. The van der Waals surface area contributed by atoms with Crippen LogP contribution in [-0.2, 0) is 6.54 Å². The first-order valence-electron chi connectivity index (χ1n) is 5.02. The average Bonchev–Trinajstić information content (AvgIpc) is 2.82. The third kappa shape index (κ3) is 3.54. The highest BCUT2D eigenvalue weighted by molar-refractivity contribution is 6.33. The summed E-state index contributed by atoms with van der Waals surface area (Å²) in [6.07, 6.45) is 5.81. The van der Waals surface area contributed by atoms with Gasteiger partial charge in [-0.2, -0.15) is 4.98 Å². The lowest BCUT2D eigenvalue weighted by Crippen LogP contribution is -2.08. The molecule has 0 aromatic carbocycles. The van der Waals surface area contributed by atoms with Crippen molar-refractivity contribution in [2.45, 2.75) is 13.0 Å². The van der Waals surface area contributed by atoms with Crippen LogP contribution in [0, 0.1) is 0 Å². The minimum atomic E-state index is 0.174. The Kier molecular flexibility index (Phi) is 4.11. The molecular formula is C9H10Cl2N6. The molecule has 0 fully saturated rings. The second-order valence-corrected chi connectivity index (χ2v) is 4.03. The summed E-state index contributed by atoms with van der Waals surface area (Å²) in [6.45, 7) is 1.50. The van der Waals surface area contributed by atoms with Gasteiger partial charge in [0.2, 0.25) is 5.28 Å². The van der Waals surface area contributed by atoms with Crippen molar-refractivity contribution in [2.75, 3.05) is 11.9 Å². The van der Waals surface area contributed by atoms with E-state index in [-0.39, 0.29) is 5.28 Å². The number of anilines is 1. The highest BCUT2D eigenvalue weighted by Gasteiger charge is 2.03. The van der Waals surface area contributed by atoms with Gasteiger partial charge in [0.25, 0.3) is 0 Å². The van der Waals surface area contributed by atoms with Gasteiger partial charge in [-0.1, -0.05) is 16.8 Å². The van der Waals surface area contributed by atoms with Crippen molar-refractivity contribution in [2.24, 2.45) is 0 Å². The van der Waals surface area contributed by atoms with Gasteiger partial charge in [-0.05, 0) is 18.0 Å². The lowest BCUT2D eigenvalue weighted by atomic mass is 10.4. The van der Waals surface area contributed by atoms with Crippen LogP contribution in [-0.4, -0.2) is 31.5 Å². The molecule has 2 aromatic rings. The number of rotatable bonds is 5. The van der Waals surface area contributed by atoms with E-state index in [4.69, 9.17) is 23.2 Å². The number of aromatic nitrogens is 5. The SMILES string of the molecule is Clc1ncc(Cl)c(NCCCn2ccnn2)n1. The Morgan fingerprint density at radius 3 is 3.00 bits per heavy atom. The Morgan fingerprint density at radius 1 is 1.35 bits per heavy atom. The summed E-state index contributed by atoms with van der Waals surface area (Å²) >= 11 is 11.6. The molecule has 0 unspecified atom stereocenters. The van der Waals surface area contributed by atoms with Gasteiger partial charge in [-0.15, -0.1) is 5.10 Å². The highest BCUT2D eigenvalue weighted by atomic mass is 35.5. The van der Waals surface area contributed by atoms with E-state index >= 15 is 0 Å². The predicted molar refractivity (Wildman–Crippen MR) is 65.2 cm³/mol. The molecule has 0 saturated heterocycles. The van der Waals surface area contributed by atoms with Crippen LogP contribution >= 0.6 is 23.2 Å². The summed E-state index contributed by atoms with van der Waals surface area (Å²) in [4.78, 5) is 7.75. The van der Waals surface area contributed by atoms with Gasteiger partial charge in [0.1, 0.15) is 10.8 Å². The number of hydrogen-bond donors (Lipinski definition) is 1. The fourth-order valence-electron chi connectivity index (χ4n) is 1.27. The molecule has 0 aliphatic carbocycles. The molecule has 1 N–H and O–H groups in total. The van der Waals surface area contributed by atoms with Crippen molar-refractivity contribution in [1.29, 1.82) is 0 Å². The van der Waals surface area contributed by atoms with Crippen molar-refractivity contribution in [3.05, 3.63) is 28.9 Å². The fourth-order valence-corrected chi connectivity index (χ4v) is 1.56. The number of halogens is 2. The molecule has 0 amide bonds. The Bertz CT molecular complexity index is 472. The van der Waals surface area contributed by atoms with E-state index in [0.717, 1.165) is 13.0 Å². The van der Waals surface area contributed by atoms with Crippen LogP contribution in [0.2, 0.25) is 10.3 Å². The Morgan fingerprint density at radius 2 is 2.24 bits per heavy atom. The van der Waals surface area contributed by atoms with Gasteiger partial charge in [-0.3, -0.25) is 4.68 Å². The maximum atomic E-state index is 5.90. The van der Waals surface area contributed by atoms with Gasteiger partial charge in [0.05, 0.1) is 12.4 Å². The summed E-state index contributed by atoms with van der Waals surface area (Å²) in [5.41, 5.74) is 0. The molecule has 2 heterocycles. The summed E-state index contributed by atoms with van der Waals surface area (Å²) in [7, 11) is 0. The molecule has 0 aliphatic rings. The second-order valence-electron chi connectivity index (χ2n) is 3.28. The minimum absolute atomic E-state index is 0.174. The van der Waals surface area contributed by atoms with Crippen molar-refractivity contribution < 1.29 is 0 Å².